The van der Waals surface area contributed by atoms with E-state index < -0.39 is 42.4 Å². The Morgan fingerprint density at radius 1 is 1.00 bits per heavy atom. The highest BCUT2D eigenvalue weighted by atomic mass is 16.5. The van der Waals surface area contributed by atoms with Gasteiger partial charge in [-0.3, -0.25) is 14.6 Å². The molecule has 2 atom stereocenters. The lowest BCUT2D eigenvalue weighted by atomic mass is 10.1. The molecule has 158 valence electrons. The van der Waals surface area contributed by atoms with Crippen molar-refractivity contribution in [2.24, 2.45) is 5.73 Å². The number of carbonyl (C=O) groups is 4. The van der Waals surface area contributed by atoms with Crippen LogP contribution in [0.15, 0.2) is 54.9 Å². The maximum atomic E-state index is 12.5. The molecule has 0 saturated heterocycles. The fourth-order valence-corrected chi connectivity index (χ4v) is 2.54. The summed E-state index contributed by atoms with van der Waals surface area (Å²) in [4.78, 5) is 51.3. The number of carbonyl (C=O) groups excluding carboxylic acids is 3. The van der Waals surface area contributed by atoms with Gasteiger partial charge < -0.3 is 26.2 Å². The summed E-state index contributed by atoms with van der Waals surface area (Å²) in [5, 5.41) is 14.0. The average Bonchev–Trinajstić information content (AvgIpc) is 2.72. The van der Waals surface area contributed by atoms with Gasteiger partial charge in [0.2, 0.25) is 11.8 Å². The second-order valence-electron chi connectivity index (χ2n) is 6.39. The van der Waals surface area contributed by atoms with Crippen LogP contribution in [0.25, 0.3) is 0 Å². The van der Waals surface area contributed by atoms with E-state index in [0.717, 1.165) is 5.56 Å². The number of pyridine rings is 1. The summed E-state index contributed by atoms with van der Waals surface area (Å²) in [6, 6.07) is 9.46. The predicted octanol–water partition coefficient (Wildman–Crippen LogP) is 0.364. The average molecular weight is 414 g/mol. The van der Waals surface area contributed by atoms with E-state index in [-0.39, 0.29) is 13.0 Å². The Labute approximate surface area is 172 Å². The van der Waals surface area contributed by atoms with E-state index in [9.17, 15) is 24.3 Å². The van der Waals surface area contributed by atoms with Crippen LogP contribution < -0.4 is 16.4 Å². The van der Waals surface area contributed by atoms with Gasteiger partial charge in [-0.1, -0.05) is 36.4 Å². The Morgan fingerprint density at radius 2 is 1.70 bits per heavy atom. The number of amides is 3. The number of nitrogens with one attached hydrogen (secondary N) is 2. The standard InChI is InChI=1S/C20H22N4O6/c21-17(25)10-15(24-20(29)30-12-13-5-2-1-3-6-13)18(26)23-16(19(27)28)9-14-7-4-8-22-11-14/h1-8,11,15-16H,9-10,12H2,(H2,21,25)(H,23,26)(H,24,29)(H,27,28)/t15-,16-/m0/s1. The van der Waals surface area contributed by atoms with Crippen molar-refractivity contribution in [1.29, 1.82) is 0 Å². The zero-order valence-corrected chi connectivity index (χ0v) is 16.0. The predicted molar refractivity (Wildman–Crippen MR) is 105 cm³/mol. The summed E-state index contributed by atoms with van der Waals surface area (Å²) >= 11 is 0. The van der Waals surface area contributed by atoms with E-state index in [1.807, 2.05) is 0 Å². The highest BCUT2D eigenvalue weighted by Gasteiger charge is 2.28. The first-order chi connectivity index (χ1) is 14.3. The number of nitrogens with zero attached hydrogens (tertiary/aromatic N) is 1. The molecular weight excluding hydrogens is 392 g/mol. The van der Waals surface area contributed by atoms with Gasteiger partial charge in [-0.15, -0.1) is 0 Å². The molecule has 0 bridgehead atoms. The van der Waals surface area contributed by atoms with Crippen LogP contribution in [-0.4, -0.2) is 46.1 Å². The van der Waals surface area contributed by atoms with Gasteiger partial charge in [0.05, 0.1) is 6.42 Å². The second kappa shape index (κ2) is 11.1. The van der Waals surface area contributed by atoms with Crippen molar-refractivity contribution in [3.63, 3.8) is 0 Å². The van der Waals surface area contributed by atoms with Crippen molar-refractivity contribution in [2.75, 3.05) is 0 Å². The number of hydrogen-bond donors (Lipinski definition) is 4. The molecule has 10 nitrogen and oxygen atoms in total. The molecule has 30 heavy (non-hydrogen) atoms. The summed E-state index contributed by atoms with van der Waals surface area (Å²) in [7, 11) is 0. The molecule has 0 fully saturated rings. The van der Waals surface area contributed by atoms with Gasteiger partial charge in [0, 0.05) is 18.8 Å². The first kappa shape index (κ1) is 22.3. The van der Waals surface area contributed by atoms with Crippen LogP contribution in [0.2, 0.25) is 0 Å². The number of benzene rings is 1. The Bertz CT molecular complexity index is 875. The number of carboxylic acids is 1. The van der Waals surface area contributed by atoms with Crippen molar-refractivity contribution in [1.82, 2.24) is 15.6 Å². The molecule has 1 heterocycles. The molecule has 3 amide bonds. The Balaban J connectivity index is 1.99. The molecule has 2 rings (SSSR count). The summed E-state index contributed by atoms with van der Waals surface area (Å²) in [6.07, 6.45) is 1.51. The zero-order chi connectivity index (χ0) is 21.9. The van der Waals surface area contributed by atoms with Crippen molar-refractivity contribution in [3.8, 4) is 0 Å². The zero-order valence-electron chi connectivity index (χ0n) is 16.0. The lowest BCUT2D eigenvalue weighted by molar-refractivity contribution is -0.142. The maximum Gasteiger partial charge on any atom is 0.408 e. The van der Waals surface area contributed by atoms with Crippen LogP contribution in [0.3, 0.4) is 0 Å². The van der Waals surface area contributed by atoms with E-state index in [1.165, 1.54) is 12.4 Å². The first-order valence-corrected chi connectivity index (χ1v) is 9.02. The van der Waals surface area contributed by atoms with Crippen molar-refractivity contribution >= 4 is 23.9 Å². The number of ether oxygens (including phenoxy) is 1. The number of rotatable bonds is 10. The topological polar surface area (TPSA) is 161 Å². The van der Waals surface area contributed by atoms with Crippen LogP contribution in [0.5, 0.6) is 0 Å². The van der Waals surface area contributed by atoms with Crippen LogP contribution in [0.4, 0.5) is 4.79 Å². The number of carboxylic acid groups (broad SMARTS) is 1. The van der Waals surface area contributed by atoms with Crippen molar-refractivity contribution < 1.29 is 29.0 Å². The van der Waals surface area contributed by atoms with Gasteiger partial charge in [-0.05, 0) is 17.2 Å². The maximum absolute atomic E-state index is 12.5. The molecule has 2 aromatic rings. The van der Waals surface area contributed by atoms with Crippen LogP contribution >= 0.6 is 0 Å². The molecule has 0 saturated carbocycles. The molecule has 0 radical (unpaired) electrons. The number of nitrogens with two attached hydrogens (primary N) is 1. The van der Waals surface area contributed by atoms with Gasteiger partial charge in [0.25, 0.3) is 0 Å². The third-order valence-electron chi connectivity index (χ3n) is 4.00. The van der Waals surface area contributed by atoms with Crippen LogP contribution in [-0.2, 0) is 32.1 Å². The van der Waals surface area contributed by atoms with Crippen LogP contribution in [0.1, 0.15) is 17.5 Å². The summed E-state index contributed by atoms with van der Waals surface area (Å²) in [5.41, 5.74) is 6.47. The minimum Gasteiger partial charge on any atom is -0.480 e. The molecular formula is C20H22N4O6. The minimum atomic E-state index is -1.39. The Morgan fingerprint density at radius 3 is 2.30 bits per heavy atom. The van der Waals surface area contributed by atoms with Gasteiger partial charge >= 0.3 is 12.1 Å². The molecule has 0 unspecified atom stereocenters. The van der Waals surface area contributed by atoms with Gasteiger partial charge in [-0.2, -0.15) is 0 Å². The molecule has 0 aliphatic rings. The van der Waals surface area contributed by atoms with E-state index in [2.05, 4.69) is 15.6 Å². The number of alkyl carbamates (subject to hydrolysis) is 1. The number of hydrogen-bond acceptors (Lipinski definition) is 6. The molecule has 10 heteroatoms. The van der Waals surface area contributed by atoms with Gasteiger partial charge in [0.15, 0.2) is 0 Å². The second-order valence-corrected chi connectivity index (χ2v) is 6.39. The lowest BCUT2D eigenvalue weighted by Crippen LogP contribution is -2.53. The SMILES string of the molecule is NC(=O)C[C@H](NC(=O)OCc1ccccc1)C(=O)N[C@@H](Cc1cccnc1)C(=O)O. The third kappa shape index (κ3) is 7.58. The fourth-order valence-electron chi connectivity index (χ4n) is 2.54. The Kier molecular flexibility index (Phi) is 8.30. The van der Waals surface area contributed by atoms with Crippen LogP contribution in [0, 0.1) is 0 Å². The molecule has 0 spiro atoms. The number of aromatic nitrogens is 1. The number of aliphatic carboxylic acids is 1. The van der Waals surface area contributed by atoms with Gasteiger partial charge in [0.1, 0.15) is 18.7 Å². The summed E-state index contributed by atoms with van der Waals surface area (Å²) in [5.74, 6) is -3.00. The lowest BCUT2D eigenvalue weighted by Gasteiger charge is -2.20. The highest BCUT2D eigenvalue weighted by Crippen LogP contribution is 2.04. The van der Waals surface area contributed by atoms with Crippen molar-refractivity contribution in [2.45, 2.75) is 31.5 Å². The number of primary amides is 1. The third-order valence-corrected chi connectivity index (χ3v) is 4.00. The molecule has 0 aliphatic heterocycles. The fraction of sp³-hybridized carbons (Fsp3) is 0.250. The van der Waals surface area contributed by atoms with E-state index in [0.29, 0.717) is 5.56 Å². The van der Waals surface area contributed by atoms with E-state index in [4.69, 9.17) is 10.5 Å². The summed E-state index contributed by atoms with van der Waals surface area (Å²) < 4.78 is 5.03. The van der Waals surface area contributed by atoms with Crippen molar-refractivity contribution in [3.05, 3.63) is 66.0 Å². The van der Waals surface area contributed by atoms with E-state index >= 15 is 0 Å². The van der Waals surface area contributed by atoms with Gasteiger partial charge in [-0.25, -0.2) is 9.59 Å². The Hall–Kier alpha value is -3.95. The normalized spacial score (nSPS) is 12.3. The smallest absolute Gasteiger partial charge is 0.408 e. The largest absolute Gasteiger partial charge is 0.480 e. The molecule has 1 aromatic carbocycles. The monoisotopic (exact) mass is 414 g/mol. The highest BCUT2D eigenvalue weighted by molar-refractivity contribution is 5.92. The molecule has 5 N–H and O–H groups in total. The summed E-state index contributed by atoms with van der Waals surface area (Å²) in [6.45, 7) is -0.0453. The van der Waals surface area contributed by atoms with E-state index in [1.54, 1.807) is 42.5 Å². The first-order valence-electron chi connectivity index (χ1n) is 9.02. The molecule has 0 aliphatic carbocycles. The quantitative estimate of drug-likeness (QED) is 0.436. The molecule has 1 aromatic heterocycles. The minimum absolute atomic E-state index is 0.0311.